The molecule has 0 spiro atoms. The van der Waals surface area contributed by atoms with E-state index in [-0.39, 0.29) is 0 Å². The molecule has 1 aliphatic heterocycles. The molecule has 1 saturated heterocycles. The third-order valence-electron chi connectivity index (χ3n) is 3.31. The van der Waals surface area contributed by atoms with Crippen molar-refractivity contribution >= 4 is 21.6 Å². The molecular formula is C14H20BrNO2. The van der Waals surface area contributed by atoms with Crippen LogP contribution in [-0.2, 0) is 4.74 Å². The summed E-state index contributed by atoms with van der Waals surface area (Å²) in [5.41, 5.74) is 2.28. The van der Waals surface area contributed by atoms with Gasteiger partial charge in [0.1, 0.15) is 5.75 Å². The van der Waals surface area contributed by atoms with E-state index in [2.05, 4.69) is 34.2 Å². The van der Waals surface area contributed by atoms with Crippen molar-refractivity contribution in [1.82, 2.24) is 0 Å². The largest absolute Gasteiger partial charge is 0.495 e. The Labute approximate surface area is 117 Å². The smallest absolute Gasteiger partial charge is 0.143 e. The van der Waals surface area contributed by atoms with E-state index in [1.165, 1.54) is 18.4 Å². The van der Waals surface area contributed by atoms with E-state index in [1.54, 1.807) is 7.11 Å². The standard InChI is InChI=1S/C14H20BrNO2/c1-10-6-12(15)7-13(17-2)14(10)16-8-11-4-3-5-18-9-11/h6-7,11,16H,3-5,8-9H2,1-2H3. The lowest BCUT2D eigenvalue weighted by atomic mass is 10.0. The maximum atomic E-state index is 5.50. The third-order valence-corrected chi connectivity index (χ3v) is 3.76. The van der Waals surface area contributed by atoms with Gasteiger partial charge in [0.2, 0.25) is 0 Å². The Morgan fingerprint density at radius 3 is 3.00 bits per heavy atom. The molecular weight excluding hydrogens is 294 g/mol. The summed E-state index contributed by atoms with van der Waals surface area (Å²) in [6.07, 6.45) is 2.41. The van der Waals surface area contributed by atoms with Crippen LogP contribution in [0.1, 0.15) is 18.4 Å². The monoisotopic (exact) mass is 313 g/mol. The van der Waals surface area contributed by atoms with Crippen molar-refractivity contribution in [1.29, 1.82) is 0 Å². The van der Waals surface area contributed by atoms with Crippen LogP contribution in [0.15, 0.2) is 16.6 Å². The van der Waals surface area contributed by atoms with Gasteiger partial charge in [-0.3, -0.25) is 0 Å². The highest BCUT2D eigenvalue weighted by Crippen LogP contribution is 2.32. The van der Waals surface area contributed by atoms with E-state index in [0.29, 0.717) is 5.92 Å². The summed E-state index contributed by atoms with van der Waals surface area (Å²) < 4.78 is 12.0. The molecule has 0 radical (unpaired) electrons. The molecule has 18 heavy (non-hydrogen) atoms. The first-order valence-corrected chi connectivity index (χ1v) is 7.15. The van der Waals surface area contributed by atoms with Crippen LogP contribution in [0, 0.1) is 12.8 Å². The minimum atomic E-state index is 0.603. The van der Waals surface area contributed by atoms with Crippen LogP contribution in [-0.4, -0.2) is 26.9 Å². The summed E-state index contributed by atoms with van der Waals surface area (Å²) >= 11 is 3.49. The van der Waals surface area contributed by atoms with Gasteiger partial charge in [-0.2, -0.15) is 0 Å². The number of ether oxygens (including phenoxy) is 2. The van der Waals surface area contributed by atoms with E-state index in [9.17, 15) is 0 Å². The van der Waals surface area contributed by atoms with E-state index in [0.717, 1.165) is 35.7 Å². The van der Waals surface area contributed by atoms with Crippen molar-refractivity contribution in [2.75, 3.05) is 32.2 Å². The van der Waals surface area contributed by atoms with Crippen molar-refractivity contribution in [2.45, 2.75) is 19.8 Å². The summed E-state index contributed by atoms with van der Waals surface area (Å²) in [7, 11) is 1.70. The van der Waals surface area contributed by atoms with Crippen LogP contribution in [0.4, 0.5) is 5.69 Å². The molecule has 0 aromatic heterocycles. The summed E-state index contributed by atoms with van der Waals surface area (Å²) in [5.74, 6) is 1.49. The number of hydrogen-bond donors (Lipinski definition) is 1. The summed E-state index contributed by atoms with van der Waals surface area (Å²) in [4.78, 5) is 0. The Bertz CT molecular complexity index is 403. The minimum Gasteiger partial charge on any atom is -0.495 e. The van der Waals surface area contributed by atoms with Crippen molar-refractivity contribution in [2.24, 2.45) is 5.92 Å². The molecule has 0 bridgehead atoms. The fraction of sp³-hybridized carbons (Fsp3) is 0.571. The third kappa shape index (κ3) is 3.39. The van der Waals surface area contributed by atoms with Crippen molar-refractivity contribution in [3.8, 4) is 5.75 Å². The van der Waals surface area contributed by atoms with Crippen molar-refractivity contribution in [3.63, 3.8) is 0 Å². The zero-order valence-corrected chi connectivity index (χ0v) is 12.5. The lowest BCUT2D eigenvalue weighted by Gasteiger charge is -2.24. The first kappa shape index (κ1) is 13.7. The minimum absolute atomic E-state index is 0.603. The van der Waals surface area contributed by atoms with Gasteiger partial charge in [-0.05, 0) is 43.4 Å². The van der Waals surface area contributed by atoms with E-state index in [1.807, 2.05) is 6.07 Å². The van der Waals surface area contributed by atoms with Gasteiger partial charge in [-0.15, -0.1) is 0 Å². The van der Waals surface area contributed by atoms with Gasteiger partial charge in [0.25, 0.3) is 0 Å². The van der Waals surface area contributed by atoms with E-state index >= 15 is 0 Å². The number of rotatable bonds is 4. The molecule has 2 rings (SSSR count). The Morgan fingerprint density at radius 2 is 2.33 bits per heavy atom. The zero-order chi connectivity index (χ0) is 13.0. The van der Waals surface area contributed by atoms with Crippen LogP contribution in [0.3, 0.4) is 0 Å². The number of halogens is 1. The number of hydrogen-bond acceptors (Lipinski definition) is 3. The predicted molar refractivity (Wildman–Crippen MR) is 77.5 cm³/mol. The number of aryl methyl sites for hydroxylation is 1. The second kappa shape index (κ2) is 6.43. The van der Waals surface area contributed by atoms with Gasteiger partial charge >= 0.3 is 0 Å². The highest BCUT2D eigenvalue weighted by atomic mass is 79.9. The van der Waals surface area contributed by atoms with Crippen molar-refractivity contribution in [3.05, 3.63) is 22.2 Å². The Kier molecular flexibility index (Phi) is 4.89. The number of methoxy groups -OCH3 is 1. The van der Waals surface area contributed by atoms with Gasteiger partial charge < -0.3 is 14.8 Å². The highest BCUT2D eigenvalue weighted by molar-refractivity contribution is 9.10. The van der Waals surface area contributed by atoms with Crippen LogP contribution in [0.2, 0.25) is 0 Å². The average Bonchev–Trinajstić information content (AvgIpc) is 2.38. The quantitative estimate of drug-likeness (QED) is 0.921. The molecule has 100 valence electrons. The second-order valence-corrected chi connectivity index (χ2v) is 5.68. The van der Waals surface area contributed by atoms with Crippen LogP contribution >= 0.6 is 15.9 Å². The molecule has 1 atom stereocenters. The lowest BCUT2D eigenvalue weighted by Crippen LogP contribution is -2.24. The van der Waals surface area contributed by atoms with Crippen LogP contribution < -0.4 is 10.1 Å². The topological polar surface area (TPSA) is 30.5 Å². The van der Waals surface area contributed by atoms with E-state index < -0.39 is 0 Å². The first-order chi connectivity index (χ1) is 8.70. The fourth-order valence-corrected chi connectivity index (χ4v) is 2.87. The number of anilines is 1. The Hall–Kier alpha value is -0.740. The highest BCUT2D eigenvalue weighted by Gasteiger charge is 2.15. The summed E-state index contributed by atoms with van der Waals surface area (Å²) in [6.45, 7) is 4.81. The van der Waals surface area contributed by atoms with Gasteiger partial charge in [0.15, 0.2) is 0 Å². The molecule has 1 fully saturated rings. The maximum Gasteiger partial charge on any atom is 0.143 e. The SMILES string of the molecule is COc1cc(Br)cc(C)c1NCC1CCCOC1. The number of benzene rings is 1. The van der Waals surface area contributed by atoms with Gasteiger partial charge in [0, 0.05) is 17.6 Å². The van der Waals surface area contributed by atoms with Gasteiger partial charge in [0.05, 0.1) is 19.4 Å². The fourth-order valence-electron chi connectivity index (χ4n) is 2.31. The molecule has 0 saturated carbocycles. The molecule has 1 aromatic rings. The molecule has 1 aliphatic rings. The maximum absolute atomic E-state index is 5.50. The molecule has 1 heterocycles. The zero-order valence-electron chi connectivity index (χ0n) is 11.0. The summed E-state index contributed by atoms with van der Waals surface area (Å²) in [6, 6.07) is 4.09. The molecule has 4 heteroatoms. The normalized spacial score (nSPS) is 19.6. The molecule has 0 aliphatic carbocycles. The lowest BCUT2D eigenvalue weighted by molar-refractivity contribution is 0.0595. The van der Waals surface area contributed by atoms with Crippen LogP contribution in [0.5, 0.6) is 5.75 Å². The van der Waals surface area contributed by atoms with Crippen LogP contribution in [0.25, 0.3) is 0 Å². The molecule has 1 aromatic carbocycles. The van der Waals surface area contributed by atoms with Gasteiger partial charge in [-0.25, -0.2) is 0 Å². The Morgan fingerprint density at radius 1 is 1.50 bits per heavy atom. The molecule has 3 nitrogen and oxygen atoms in total. The molecule has 1 N–H and O–H groups in total. The predicted octanol–water partition coefficient (Wildman–Crippen LogP) is 3.60. The number of nitrogens with one attached hydrogen (secondary N) is 1. The average molecular weight is 314 g/mol. The Balaban J connectivity index is 2.03. The summed E-state index contributed by atoms with van der Waals surface area (Å²) in [5, 5.41) is 3.50. The van der Waals surface area contributed by atoms with Gasteiger partial charge in [-0.1, -0.05) is 15.9 Å². The van der Waals surface area contributed by atoms with E-state index in [4.69, 9.17) is 9.47 Å². The molecule has 0 amide bonds. The second-order valence-electron chi connectivity index (χ2n) is 4.76. The van der Waals surface area contributed by atoms with Crippen molar-refractivity contribution < 1.29 is 9.47 Å². The first-order valence-electron chi connectivity index (χ1n) is 6.36. The molecule has 1 unspecified atom stereocenters.